The summed E-state index contributed by atoms with van der Waals surface area (Å²) in [6, 6.07) is 18.1. The minimum Gasteiger partial charge on any atom is -0.456 e. The standard InChI is InChI=1S/C23H24N2O4/c1-25(23(17-24)14-8-3-9-15-23)21(26)16-28-22(27)19-12-6-7-13-20(19)29-18-10-4-2-5-11-18/h2,4-7,10-13H,3,8-9,14-16H2,1H3. The van der Waals surface area contributed by atoms with Crippen LogP contribution in [0.1, 0.15) is 42.5 Å². The summed E-state index contributed by atoms with van der Waals surface area (Å²) in [5.74, 6) is -0.0849. The molecule has 6 heteroatoms. The first-order valence-electron chi connectivity index (χ1n) is 9.73. The second kappa shape index (κ2) is 9.24. The van der Waals surface area contributed by atoms with Crippen molar-refractivity contribution in [3.8, 4) is 17.6 Å². The third-order valence-corrected chi connectivity index (χ3v) is 5.31. The molecule has 1 fully saturated rings. The summed E-state index contributed by atoms with van der Waals surface area (Å²) in [7, 11) is 1.61. The van der Waals surface area contributed by atoms with Crippen molar-refractivity contribution in [2.24, 2.45) is 0 Å². The fraction of sp³-hybridized carbons (Fsp3) is 0.348. The third-order valence-electron chi connectivity index (χ3n) is 5.31. The van der Waals surface area contributed by atoms with Crippen LogP contribution < -0.4 is 4.74 Å². The Morgan fingerprint density at radius 3 is 2.38 bits per heavy atom. The van der Waals surface area contributed by atoms with E-state index in [-0.39, 0.29) is 11.5 Å². The Labute approximate surface area is 170 Å². The summed E-state index contributed by atoms with van der Waals surface area (Å²) < 4.78 is 11.0. The Kier molecular flexibility index (Phi) is 6.50. The van der Waals surface area contributed by atoms with Crippen molar-refractivity contribution in [1.82, 2.24) is 4.90 Å². The van der Waals surface area contributed by atoms with E-state index in [1.165, 1.54) is 4.90 Å². The van der Waals surface area contributed by atoms with Gasteiger partial charge in [-0.1, -0.05) is 49.6 Å². The summed E-state index contributed by atoms with van der Waals surface area (Å²) in [4.78, 5) is 26.6. The van der Waals surface area contributed by atoms with E-state index in [1.807, 2.05) is 18.2 Å². The van der Waals surface area contributed by atoms with Crippen LogP contribution in [0, 0.1) is 11.3 Å². The fourth-order valence-corrected chi connectivity index (χ4v) is 3.54. The number of amides is 1. The van der Waals surface area contributed by atoms with Gasteiger partial charge in [-0.05, 0) is 37.1 Å². The summed E-state index contributed by atoms with van der Waals surface area (Å²) in [5.41, 5.74) is -0.574. The number of hydrogen-bond donors (Lipinski definition) is 0. The molecule has 0 spiro atoms. The highest BCUT2D eigenvalue weighted by atomic mass is 16.5. The number of benzene rings is 2. The lowest BCUT2D eigenvalue weighted by molar-refractivity contribution is -0.138. The molecule has 0 atom stereocenters. The average molecular weight is 392 g/mol. The molecule has 0 radical (unpaired) electrons. The van der Waals surface area contributed by atoms with Gasteiger partial charge in [-0.3, -0.25) is 4.79 Å². The van der Waals surface area contributed by atoms with Crippen LogP contribution in [0.3, 0.4) is 0 Å². The van der Waals surface area contributed by atoms with Crippen LogP contribution in [0.2, 0.25) is 0 Å². The molecule has 0 heterocycles. The van der Waals surface area contributed by atoms with Crippen LogP contribution in [-0.2, 0) is 9.53 Å². The molecule has 6 nitrogen and oxygen atoms in total. The maximum Gasteiger partial charge on any atom is 0.342 e. The second-order valence-electron chi connectivity index (χ2n) is 7.14. The fourth-order valence-electron chi connectivity index (χ4n) is 3.54. The molecule has 1 saturated carbocycles. The summed E-state index contributed by atoms with van der Waals surface area (Å²) in [6.07, 6.45) is 4.18. The van der Waals surface area contributed by atoms with E-state index in [9.17, 15) is 14.9 Å². The Bertz CT molecular complexity index is 899. The topological polar surface area (TPSA) is 79.6 Å². The van der Waals surface area contributed by atoms with Crippen LogP contribution in [0.4, 0.5) is 0 Å². The molecule has 2 aromatic carbocycles. The molecule has 29 heavy (non-hydrogen) atoms. The molecule has 0 aromatic heterocycles. The van der Waals surface area contributed by atoms with Crippen molar-refractivity contribution in [2.75, 3.05) is 13.7 Å². The van der Waals surface area contributed by atoms with Crippen molar-refractivity contribution in [2.45, 2.75) is 37.6 Å². The monoisotopic (exact) mass is 392 g/mol. The van der Waals surface area contributed by atoms with E-state index in [4.69, 9.17) is 9.47 Å². The maximum absolute atomic E-state index is 12.6. The molecular formula is C23H24N2O4. The second-order valence-corrected chi connectivity index (χ2v) is 7.14. The average Bonchev–Trinajstić information content (AvgIpc) is 2.78. The highest BCUT2D eigenvalue weighted by Gasteiger charge is 2.39. The molecule has 150 valence electrons. The normalized spacial score (nSPS) is 15.0. The molecule has 0 N–H and O–H groups in total. The van der Waals surface area contributed by atoms with Gasteiger partial charge >= 0.3 is 5.97 Å². The molecule has 1 amide bonds. The number of carbonyl (C=O) groups is 2. The smallest absolute Gasteiger partial charge is 0.342 e. The van der Waals surface area contributed by atoms with Gasteiger partial charge in [0, 0.05) is 7.05 Å². The van der Waals surface area contributed by atoms with Crippen molar-refractivity contribution in [1.29, 1.82) is 5.26 Å². The number of hydrogen-bond acceptors (Lipinski definition) is 5. The van der Waals surface area contributed by atoms with Crippen LogP contribution in [0.15, 0.2) is 54.6 Å². The zero-order valence-electron chi connectivity index (χ0n) is 16.5. The van der Waals surface area contributed by atoms with Crippen molar-refractivity contribution < 1.29 is 19.1 Å². The molecular weight excluding hydrogens is 368 g/mol. The summed E-state index contributed by atoms with van der Waals surface area (Å²) in [6.45, 7) is -0.418. The predicted molar refractivity (Wildman–Crippen MR) is 107 cm³/mol. The van der Waals surface area contributed by atoms with Gasteiger partial charge in [0.15, 0.2) is 6.61 Å². The van der Waals surface area contributed by atoms with Crippen LogP contribution >= 0.6 is 0 Å². The number of likely N-dealkylation sites (N-methyl/N-ethyl adjacent to an activating group) is 1. The van der Waals surface area contributed by atoms with E-state index in [1.54, 1.807) is 43.4 Å². The molecule has 0 aliphatic heterocycles. The first-order chi connectivity index (χ1) is 14.1. The summed E-state index contributed by atoms with van der Waals surface area (Å²) >= 11 is 0. The lowest BCUT2D eigenvalue weighted by atomic mass is 9.81. The van der Waals surface area contributed by atoms with Crippen LogP contribution in [0.5, 0.6) is 11.5 Å². The van der Waals surface area contributed by atoms with E-state index in [0.29, 0.717) is 24.3 Å². The van der Waals surface area contributed by atoms with Crippen molar-refractivity contribution in [3.63, 3.8) is 0 Å². The number of ether oxygens (including phenoxy) is 2. The molecule has 0 saturated heterocycles. The first kappa shape index (κ1) is 20.4. The van der Waals surface area contributed by atoms with Crippen molar-refractivity contribution in [3.05, 3.63) is 60.2 Å². The number of para-hydroxylation sites is 2. The Morgan fingerprint density at radius 1 is 1.03 bits per heavy atom. The predicted octanol–water partition coefficient (Wildman–Crippen LogP) is 4.32. The van der Waals surface area contributed by atoms with Gasteiger partial charge in [-0.25, -0.2) is 4.79 Å². The quantitative estimate of drug-likeness (QED) is 0.684. The Balaban J connectivity index is 1.65. The number of nitriles is 1. The van der Waals surface area contributed by atoms with Gasteiger partial charge in [0.1, 0.15) is 22.6 Å². The SMILES string of the molecule is CN(C(=O)COC(=O)c1ccccc1Oc1ccccc1)C1(C#N)CCCCC1. The van der Waals surface area contributed by atoms with Gasteiger partial charge in [-0.2, -0.15) is 5.26 Å². The first-order valence-corrected chi connectivity index (χ1v) is 9.73. The molecule has 1 aliphatic carbocycles. The van der Waals surface area contributed by atoms with E-state index < -0.39 is 18.1 Å². The van der Waals surface area contributed by atoms with Gasteiger partial charge < -0.3 is 14.4 Å². The maximum atomic E-state index is 12.6. The third kappa shape index (κ3) is 4.75. The molecule has 0 unspecified atom stereocenters. The summed E-state index contributed by atoms with van der Waals surface area (Å²) in [5, 5.41) is 9.62. The van der Waals surface area contributed by atoms with Gasteiger partial charge in [0.2, 0.25) is 0 Å². The van der Waals surface area contributed by atoms with Crippen molar-refractivity contribution >= 4 is 11.9 Å². The van der Waals surface area contributed by atoms with E-state index >= 15 is 0 Å². The largest absolute Gasteiger partial charge is 0.456 e. The molecule has 1 aliphatic rings. The molecule has 2 aromatic rings. The number of carbonyl (C=O) groups excluding carboxylic acids is 2. The zero-order chi connectivity index (χ0) is 20.7. The van der Waals surface area contributed by atoms with Gasteiger partial charge in [-0.15, -0.1) is 0 Å². The van der Waals surface area contributed by atoms with Gasteiger partial charge in [0.25, 0.3) is 5.91 Å². The Hall–Kier alpha value is -3.33. The minimum absolute atomic E-state index is 0.236. The molecule has 0 bridgehead atoms. The van der Waals surface area contributed by atoms with Crippen LogP contribution in [-0.4, -0.2) is 36.0 Å². The van der Waals surface area contributed by atoms with Gasteiger partial charge in [0.05, 0.1) is 6.07 Å². The van der Waals surface area contributed by atoms with E-state index in [2.05, 4.69) is 6.07 Å². The van der Waals surface area contributed by atoms with Crippen LogP contribution in [0.25, 0.3) is 0 Å². The lowest BCUT2D eigenvalue weighted by Crippen LogP contribution is -2.51. The zero-order valence-corrected chi connectivity index (χ0v) is 16.5. The van der Waals surface area contributed by atoms with E-state index in [0.717, 1.165) is 19.3 Å². The number of rotatable bonds is 6. The minimum atomic E-state index is -0.809. The highest BCUT2D eigenvalue weighted by Crippen LogP contribution is 2.32. The number of esters is 1. The lowest BCUT2D eigenvalue weighted by Gasteiger charge is -2.38. The Morgan fingerprint density at radius 2 is 1.69 bits per heavy atom. The highest BCUT2D eigenvalue weighted by molar-refractivity contribution is 5.94. The molecule has 3 rings (SSSR count). The number of nitrogens with zero attached hydrogens (tertiary/aromatic N) is 2.